The van der Waals surface area contributed by atoms with E-state index in [0.717, 1.165) is 23.3 Å². The van der Waals surface area contributed by atoms with Gasteiger partial charge in [0, 0.05) is 0 Å². The summed E-state index contributed by atoms with van der Waals surface area (Å²) in [5, 5.41) is 7.66. The summed E-state index contributed by atoms with van der Waals surface area (Å²) in [5.74, 6) is 1.38. The smallest absolute Gasteiger partial charge is 0.241 e. The maximum absolute atomic E-state index is 13.2. The fraction of sp³-hybridized carbons (Fsp3) is 0.222. The lowest BCUT2D eigenvalue weighted by Crippen LogP contribution is -2.28. The van der Waals surface area contributed by atoms with Crippen LogP contribution in [-0.2, 0) is 0 Å². The van der Waals surface area contributed by atoms with Gasteiger partial charge in [-0.15, -0.1) is 5.10 Å². The molecule has 128 valence electrons. The van der Waals surface area contributed by atoms with E-state index < -0.39 is 0 Å². The summed E-state index contributed by atoms with van der Waals surface area (Å²) in [6.07, 6.45) is 0.744. The average molecular weight is 339 g/mol. The molecule has 6 nitrogen and oxygen atoms in total. The number of fused-ring (bicyclic) bond motifs is 1. The Morgan fingerprint density at radius 1 is 1.12 bits per heavy atom. The lowest BCUT2D eigenvalue weighted by atomic mass is 9.93. The van der Waals surface area contributed by atoms with Crippen LogP contribution in [0.25, 0.3) is 0 Å². The molecule has 2 atom stereocenters. The number of aromatic nitrogens is 3. The topological polar surface area (TPSA) is 78.0 Å². The second-order valence-electron chi connectivity index (χ2n) is 6.01. The Morgan fingerprint density at radius 3 is 2.48 bits per heavy atom. The maximum Gasteiger partial charge on any atom is 0.241 e. The van der Waals surface area contributed by atoms with E-state index in [9.17, 15) is 4.39 Å². The van der Waals surface area contributed by atoms with Crippen LogP contribution < -0.4 is 15.8 Å². The van der Waals surface area contributed by atoms with Crippen LogP contribution in [0, 0.1) is 5.82 Å². The van der Waals surface area contributed by atoms with Crippen molar-refractivity contribution < 1.29 is 9.13 Å². The number of nitrogens with two attached hydrogens (primary N) is 1. The second kappa shape index (κ2) is 6.08. The first kappa shape index (κ1) is 15.4. The van der Waals surface area contributed by atoms with Crippen LogP contribution in [0.15, 0.2) is 48.5 Å². The number of benzene rings is 2. The summed E-state index contributed by atoms with van der Waals surface area (Å²) in [5.41, 5.74) is 7.87. The van der Waals surface area contributed by atoms with Crippen LogP contribution in [0.4, 0.5) is 16.3 Å². The molecule has 25 heavy (non-hydrogen) atoms. The van der Waals surface area contributed by atoms with Gasteiger partial charge in [0.15, 0.2) is 0 Å². The zero-order valence-corrected chi connectivity index (χ0v) is 13.7. The minimum absolute atomic E-state index is 0.0104. The van der Waals surface area contributed by atoms with Crippen molar-refractivity contribution >= 4 is 11.9 Å². The molecular formula is C18H18FN5O. The molecule has 0 bridgehead atoms. The fourth-order valence-electron chi connectivity index (χ4n) is 3.21. The van der Waals surface area contributed by atoms with Gasteiger partial charge in [-0.25, -0.2) is 9.07 Å². The Bertz CT molecular complexity index is 875. The first-order valence-electron chi connectivity index (χ1n) is 8.02. The van der Waals surface area contributed by atoms with Crippen LogP contribution in [0.1, 0.15) is 29.6 Å². The highest BCUT2D eigenvalue weighted by molar-refractivity contribution is 5.42. The van der Waals surface area contributed by atoms with E-state index in [1.165, 1.54) is 12.1 Å². The molecular weight excluding hydrogens is 321 g/mol. The van der Waals surface area contributed by atoms with E-state index in [0.29, 0.717) is 5.95 Å². The number of methoxy groups -OCH3 is 1. The van der Waals surface area contributed by atoms with Crippen LogP contribution in [0.5, 0.6) is 5.75 Å². The van der Waals surface area contributed by atoms with Crippen molar-refractivity contribution in [2.24, 2.45) is 0 Å². The molecule has 0 saturated carbocycles. The molecule has 1 aliphatic rings. The van der Waals surface area contributed by atoms with Gasteiger partial charge in [-0.05, 0) is 41.8 Å². The zero-order valence-electron chi connectivity index (χ0n) is 13.7. The van der Waals surface area contributed by atoms with Crippen LogP contribution >= 0.6 is 0 Å². The Kier molecular flexibility index (Phi) is 3.76. The molecule has 0 aliphatic carbocycles. The van der Waals surface area contributed by atoms with Gasteiger partial charge in [0.25, 0.3) is 0 Å². The summed E-state index contributed by atoms with van der Waals surface area (Å²) >= 11 is 0. The average Bonchev–Trinajstić information content (AvgIpc) is 3.01. The number of nitrogens with zero attached hydrogens (tertiary/aromatic N) is 3. The third-order valence-electron chi connectivity index (χ3n) is 4.48. The minimum atomic E-state index is -0.251. The quantitative estimate of drug-likeness (QED) is 0.766. The van der Waals surface area contributed by atoms with Crippen LogP contribution in [0.2, 0.25) is 0 Å². The van der Waals surface area contributed by atoms with Crippen molar-refractivity contribution in [1.29, 1.82) is 0 Å². The molecule has 7 heteroatoms. The summed E-state index contributed by atoms with van der Waals surface area (Å²) < 4.78 is 20.3. The first-order chi connectivity index (χ1) is 12.1. The van der Waals surface area contributed by atoms with Crippen molar-refractivity contribution in [3.8, 4) is 5.75 Å². The Morgan fingerprint density at radius 2 is 1.80 bits per heavy atom. The SMILES string of the molecule is COc1ccc(C2CC(c3ccc(F)cc3)Nc3nc(N)nn32)cc1. The number of hydrogen-bond donors (Lipinski definition) is 2. The fourth-order valence-corrected chi connectivity index (χ4v) is 3.21. The summed E-state index contributed by atoms with van der Waals surface area (Å²) in [7, 11) is 1.64. The van der Waals surface area contributed by atoms with E-state index >= 15 is 0 Å². The molecule has 0 fully saturated rings. The summed E-state index contributed by atoms with van der Waals surface area (Å²) in [4.78, 5) is 4.27. The molecule has 2 unspecified atom stereocenters. The highest BCUT2D eigenvalue weighted by Gasteiger charge is 2.30. The van der Waals surface area contributed by atoms with Crippen molar-refractivity contribution in [3.63, 3.8) is 0 Å². The molecule has 0 saturated heterocycles. The van der Waals surface area contributed by atoms with Gasteiger partial charge in [-0.3, -0.25) is 0 Å². The predicted octanol–water partition coefficient (Wildman–Crippen LogP) is 3.15. The maximum atomic E-state index is 13.2. The number of halogens is 1. The zero-order chi connectivity index (χ0) is 17.4. The molecule has 0 radical (unpaired) electrons. The predicted molar refractivity (Wildman–Crippen MR) is 92.9 cm³/mol. The molecule has 0 spiro atoms. The van der Waals surface area contributed by atoms with Crippen molar-refractivity contribution in [3.05, 3.63) is 65.5 Å². The third kappa shape index (κ3) is 2.88. The van der Waals surface area contributed by atoms with E-state index in [4.69, 9.17) is 10.5 Å². The lowest BCUT2D eigenvalue weighted by molar-refractivity contribution is 0.411. The van der Waals surface area contributed by atoms with Crippen molar-refractivity contribution in [2.45, 2.75) is 18.5 Å². The highest BCUT2D eigenvalue weighted by Crippen LogP contribution is 2.38. The van der Waals surface area contributed by atoms with Crippen molar-refractivity contribution in [1.82, 2.24) is 14.8 Å². The van der Waals surface area contributed by atoms with E-state index in [1.54, 1.807) is 23.9 Å². The van der Waals surface area contributed by atoms with Gasteiger partial charge in [0.05, 0.1) is 19.2 Å². The lowest BCUT2D eigenvalue weighted by Gasteiger charge is -2.31. The highest BCUT2D eigenvalue weighted by atomic mass is 19.1. The summed E-state index contributed by atoms with van der Waals surface area (Å²) in [6, 6.07) is 14.3. The minimum Gasteiger partial charge on any atom is -0.497 e. The molecule has 1 aromatic heterocycles. The normalized spacial score (nSPS) is 19.1. The molecule has 4 rings (SSSR count). The van der Waals surface area contributed by atoms with Gasteiger partial charge >= 0.3 is 0 Å². The number of ether oxygens (including phenoxy) is 1. The number of anilines is 2. The number of nitrogens with one attached hydrogen (secondary N) is 1. The molecule has 2 aromatic carbocycles. The van der Waals surface area contributed by atoms with Crippen molar-refractivity contribution in [2.75, 3.05) is 18.2 Å². The van der Waals surface area contributed by atoms with E-state index in [2.05, 4.69) is 15.4 Å². The van der Waals surface area contributed by atoms with E-state index in [-0.39, 0.29) is 23.8 Å². The number of rotatable bonds is 3. The molecule has 3 aromatic rings. The van der Waals surface area contributed by atoms with Crippen LogP contribution in [0.3, 0.4) is 0 Å². The number of hydrogen-bond acceptors (Lipinski definition) is 5. The summed E-state index contributed by atoms with van der Waals surface area (Å²) in [6.45, 7) is 0. The first-order valence-corrected chi connectivity index (χ1v) is 8.02. The third-order valence-corrected chi connectivity index (χ3v) is 4.48. The Hall–Kier alpha value is -3.09. The molecule has 0 amide bonds. The van der Waals surface area contributed by atoms with Gasteiger partial charge in [0.1, 0.15) is 11.6 Å². The Balaban J connectivity index is 1.72. The molecule has 1 aliphatic heterocycles. The van der Waals surface area contributed by atoms with Gasteiger partial charge in [-0.2, -0.15) is 4.98 Å². The molecule has 3 N–H and O–H groups in total. The monoisotopic (exact) mass is 339 g/mol. The van der Waals surface area contributed by atoms with Gasteiger partial charge < -0.3 is 15.8 Å². The largest absolute Gasteiger partial charge is 0.497 e. The molecule has 2 heterocycles. The Labute approximate surface area is 144 Å². The van der Waals surface area contributed by atoms with Gasteiger partial charge in [-0.1, -0.05) is 24.3 Å². The van der Waals surface area contributed by atoms with Crippen LogP contribution in [-0.4, -0.2) is 21.9 Å². The number of nitrogen functional groups attached to an aromatic ring is 1. The van der Waals surface area contributed by atoms with E-state index in [1.807, 2.05) is 24.3 Å². The standard InChI is InChI=1S/C18H18FN5O/c1-25-14-8-4-12(5-9-14)16-10-15(11-2-6-13(19)7-3-11)21-18-22-17(20)23-24(16)18/h2-9,15-16H,10H2,1H3,(H3,20,21,22,23). The second-order valence-corrected chi connectivity index (χ2v) is 6.01. The van der Waals surface area contributed by atoms with Gasteiger partial charge in [0.2, 0.25) is 11.9 Å².